The van der Waals surface area contributed by atoms with Crippen molar-refractivity contribution in [3.05, 3.63) is 17.0 Å². The highest BCUT2D eigenvalue weighted by Crippen LogP contribution is 2.31. The zero-order valence-corrected chi connectivity index (χ0v) is 14.4. The highest BCUT2D eigenvalue weighted by molar-refractivity contribution is 5.94. The average Bonchev–Trinajstić information content (AvgIpc) is 2.95. The van der Waals surface area contributed by atoms with Gasteiger partial charge in [-0.3, -0.25) is 9.89 Å². The van der Waals surface area contributed by atoms with Crippen molar-refractivity contribution in [2.45, 2.75) is 57.4 Å². The molecule has 3 aliphatic heterocycles. The van der Waals surface area contributed by atoms with Crippen LogP contribution in [0.4, 0.5) is 0 Å². The summed E-state index contributed by atoms with van der Waals surface area (Å²) in [5, 5.41) is 10.9. The minimum Gasteiger partial charge on any atom is -0.381 e. The largest absolute Gasteiger partial charge is 0.381 e. The lowest BCUT2D eigenvalue weighted by Gasteiger charge is -2.42. The van der Waals surface area contributed by atoms with Crippen LogP contribution in [0.5, 0.6) is 0 Å². The van der Waals surface area contributed by atoms with E-state index >= 15 is 0 Å². The van der Waals surface area contributed by atoms with Gasteiger partial charge in [0.25, 0.3) is 5.91 Å². The third-order valence-corrected chi connectivity index (χ3v) is 5.30. The van der Waals surface area contributed by atoms with E-state index in [1.54, 1.807) is 0 Å². The van der Waals surface area contributed by atoms with Crippen LogP contribution >= 0.6 is 0 Å². The summed E-state index contributed by atoms with van der Waals surface area (Å²) in [5.41, 5.74) is 2.57. The maximum absolute atomic E-state index is 12.8. The topological polar surface area (TPSA) is 79.5 Å². The minimum absolute atomic E-state index is 0.0304. The average molecular weight is 334 g/mol. The number of amides is 1. The molecule has 1 amide bonds. The van der Waals surface area contributed by atoms with E-state index in [-0.39, 0.29) is 18.1 Å². The van der Waals surface area contributed by atoms with Crippen LogP contribution < -0.4 is 5.32 Å². The Labute approximate surface area is 142 Å². The Morgan fingerprint density at radius 1 is 1.25 bits per heavy atom. The fourth-order valence-corrected chi connectivity index (χ4v) is 3.95. The van der Waals surface area contributed by atoms with Gasteiger partial charge in [0.05, 0.1) is 17.9 Å². The summed E-state index contributed by atoms with van der Waals surface area (Å²) >= 11 is 0. The molecule has 0 spiro atoms. The number of ether oxygens (including phenoxy) is 2. The van der Waals surface area contributed by atoms with Gasteiger partial charge in [0.15, 0.2) is 5.69 Å². The van der Waals surface area contributed by atoms with Gasteiger partial charge in [-0.25, -0.2) is 0 Å². The van der Waals surface area contributed by atoms with Gasteiger partial charge in [0.2, 0.25) is 0 Å². The first kappa shape index (κ1) is 16.1. The van der Waals surface area contributed by atoms with Crippen LogP contribution in [0.2, 0.25) is 0 Å². The number of fused-ring (bicyclic) bond motifs is 1. The van der Waals surface area contributed by atoms with E-state index < -0.39 is 0 Å². The highest BCUT2D eigenvalue weighted by Gasteiger charge is 2.37. The van der Waals surface area contributed by atoms with E-state index in [2.05, 4.69) is 15.5 Å². The first-order chi connectivity index (χ1) is 11.6. The number of nitrogens with one attached hydrogen (secondary N) is 2. The molecule has 4 heterocycles. The number of likely N-dealkylation sites (tertiary alicyclic amines) is 1. The predicted octanol–water partition coefficient (Wildman–Crippen LogP) is 1.02. The summed E-state index contributed by atoms with van der Waals surface area (Å²) in [6.45, 7) is 7.24. The van der Waals surface area contributed by atoms with Gasteiger partial charge in [-0.15, -0.1) is 0 Å². The monoisotopic (exact) mass is 334 g/mol. The Morgan fingerprint density at radius 2 is 2.00 bits per heavy atom. The van der Waals surface area contributed by atoms with Crippen LogP contribution in [-0.4, -0.2) is 65.5 Å². The van der Waals surface area contributed by atoms with Crippen LogP contribution in [0.15, 0.2) is 0 Å². The molecule has 0 aromatic carbocycles. The smallest absolute Gasteiger partial charge is 0.274 e. The molecule has 1 aromatic heterocycles. The number of aromatic amines is 1. The van der Waals surface area contributed by atoms with Crippen molar-refractivity contribution in [3.8, 4) is 0 Å². The minimum atomic E-state index is -0.0304. The lowest BCUT2D eigenvalue weighted by Crippen LogP contribution is -2.62. The summed E-state index contributed by atoms with van der Waals surface area (Å²) in [4.78, 5) is 14.7. The molecule has 2 fully saturated rings. The second-order valence-electron chi connectivity index (χ2n) is 7.22. The zero-order chi connectivity index (χ0) is 16.7. The molecule has 0 unspecified atom stereocenters. The number of aromatic nitrogens is 2. The fourth-order valence-electron chi connectivity index (χ4n) is 3.95. The molecular formula is C17H26N4O3. The molecule has 24 heavy (non-hydrogen) atoms. The SMILES string of the molecule is C[C@@H]1Cc2c(C(=O)N3CC(NC4CCOCC4)C3)n[nH]c2[C@H](C)O1. The van der Waals surface area contributed by atoms with Gasteiger partial charge in [-0.2, -0.15) is 5.10 Å². The molecule has 2 atom stereocenters. The van der Waals surface area contributed by atoms with E-state index in [1.165, 1.54) is 0 Å². The molecule has 0 bridgehead atoms. The van der Waals surface area contributed by atoms with E-state index in [4.69, 9.17) is 9.47 Å². The number of carbonyl (C=O) groups is 1. The first-order valence-electron chi connectivity index (χ1n) is 8.97. The van der Waals surface area contributed by atoms with Crippen molar-refractivity contribution in [1.82, 2.24) is 20.4 Å². The highest BCUT2D eigenvalue weighted by atomic mass is 16.5. The number of carbonyl (C=O) groups excluding carboxylic acids is 1. The maximum Gasteiger partial charge on any atom is 0.274 e. The van der Waals surface area contributed by atoms with Gasteiger partial charge in [0, 0.05) is 50.4 Å². The summed E-state index contributed by atoms with van der Waals surface area (Å²) in [7, 11) is 0. The van der Waals surface area contributed by atoms with E-state index in [0.717, 1.165) is 56.8 Å². The third kappa shape index (κ3) is 2.96. The van der Waals surface area contributed by atoms with Crippen LogP contribution in [-0.2, 0) is 15.9 Å². The van der Waals surface area contributed by atoms with Gasteiger partial charge in [-0.05, 0) is 26.7 Å². The second kappa shape index (κ2) is 6.46. The summed E-state index contributed by atoms with van der Waals surface area (Å²) in [6, 6.07) is 0.922. The number of nitrogens with zero attached hydrogens (tertiary/aromatic N) is 2. The van der Waals surface area contributed by atoms with E-state index in [0.29, 0.717) is 17.8 Å². The molecule has 2 saturated heterocycles. The number of hydrogen-bond acceptors (Lipinski definition) is 5. The molecule has 7 nitrogen and oxygen atoms in total. The van der Waals surface area contributed by atoms with Gasteiger partial charge < -0.3 is 19.7 Å². The van der Waals surface area contributed by atoms with Crippen LogP contribution in [0.3, 0.4) is 0 Å². The number of hydrogen-bond donors (Lipinski definition) is 2. The van der Waals surface area contributed by atoms with Gasteiger partial charge in [0.1, 0.15) is 0 Å². The van der Waals surface area contributed by atoms with Crippen molar-refractivity contribution >= 4 is 5.91 Å². The molecule has 0 aliphatic carbocycles. The second-order valence-corrected chi connectivity index (χ2v) is 7.22. The van der Waals surface area contributed by atoms with Crippen molar-refractivity contribution in [2.75, 3.05) is 26.3 Å². The van der Waals surface area contributed by atoms with E-state index in [1.807, 2.05) is 18.7 Å². The summed E-state index contributed by atoms with van der Waals surface area (Å²) in [5.74, 6) is 0.0406. The lowest BCUT2D eigenvalue weighted by atomic mass is 9.98. The Hall–Kier alpha value is -1.44. The fraction of sp³-hybridized carbons (Fsp3) is 0.765. The Kier molecular flexibility index (Phi) is 4.32. The lowest BCUT2D eigenvalue weighted by molar-refractivity contribution is -0.00709. The molecular weight excluding hydrogens is 308 g/mol. The molecule has 3 aliphatic rings. The van der Waals surface area contributed by atoms with Gasteiger partial charge in [-0.1, -0.05) is 0 Å². The molecule has 1 aromatic rings. The normalized spacial score (nSPS) is 28.5. The van der Waals surface area contributed by atoms with Crippen molar-refractivity contribution in [2.24, 2.45) is 0 Å². The summed E-state index contributed by atoms with van der Waals surface area (Å²) in [6.07, 6.45) is 2.96. The number of H-pyrrole nitrogens is 1. The van der Waals surface area contributed by atoms with Crippen LogP contribution in [0, 0.1) is 0 Å². The number of rotatable bonds is 3. The van der Waals surface area contributed by atoms with Crippen LogP contribution in [0.1, 0.15) is 54.5 Å². The summed E-state index contributed by atoms with van der Waals surface area (Å²) < 4.78 is 11.2. The quantitative estimate of drug-likeness (QED) is 0.863. The standard InChI is InChI=1S/C17H26N4O3/c1-10-7-14-15(11(2)24-10)19-20-16(14)17(22)21-8-13(9-21)18-12-3-5-23-6-4-12/h10-13,18H,3-9H2,1-2H3,(H,19,20)/t10-,11+/m1/s1. The van der Waals surface area contributed by atoms with E-state index in [9.17, 15) is 4.79 Å². The van der Waals surface area contributed by atoms with Gasteiger partial charge >= 0.3 is 0 Å². The Balaban J connectivity index is 1.36. The molecule has 7 heteroatoms. The molecule has 0 radical (unpaired) electrons. The van der Waals surface area contributed by atoms with Crippen LogP contribution in [0.25, 0.3) is 0 Å². The third-order valence-electron chi connectivity index (χ3n) is 5.30. The van der Waals surface area contributed by atoms with Crippen molar-refractivity contribution in [3.63, 3.8) is 0 Å². The van der Waals surface area contributed by atoms with Crippen molar-refractivity contribution < 1.29 is 14.3 Å². The molecule has 2 N–H and O–H groups in total. The first-order valence-corrected chi connectivity index (χ1v) is 8.97. The maximum atomic E-state index is 12.8. The molecule has 4 rings (SSSR count). The molecule has 132 valence electrons. The van der Waals surface area contributed by atoms with Crippen molar-refractivity contribution in [1.29, 1.82) is 0 Å². The zero-order valence-electron chi connectivity index (χ0n) is 14.4. The predicted molar refractivity (Wildman–Crippen MR) is 87.9 cm³/mol. The Morgan fingerprint density at radius 3 is 2.75 bits per heavy atom. The Bertz CT molecular complexity index is 605. The molecule has 0 saturated carbocycles.